The van der Waals surface area contributed by atoms with E-state index in [0.29, 0.717) is 0 Å². The molecule has 1 fully saturated rings. The first-order valence-electron chi connectivity index (χ1n) is 6.45. The number of hydrogen-bond donors (Lipinski definition) is 1. The van der Waals surface area contributed by atoms with Gasteiger partial charge in [0.25, 0.3) is 0 Å². The maximum atomic E-state index is 10.6. The maximum absolute atomic E-state index is 10.6. The highest BCUT2D eigenvalue weighted by Crippen LogP contribution is 2.38. The van der Waals surface area contributed by atoms with Gasteiger partial charge in [-0.3, -0.25) is 0 Å². The Morgan fingerprint density at radius 3 is 2.53 bits per heavy atom. The summed E-state index contributed by atoms with van der Waals surface area (Å²) in [5, 5.41) is 10.6. The Morgan fingerprint density at radius 2 is 2.06 bits per heavy atom. The molecule has 1 aliphatic carbocycles. The van der Waals surface area contributed by atoms with Crippen molar-refractivity contribution in [2.75, 3.05) is 0 Å². The third kappa shape index (κ3) is 3.46. The minimum atomic E-state index is -0.487. The lowest BCUT2D eigenvalue weighted by atomic mass is 9.73. The molecule has 0 amide bonds. The van der Waals surface area contributed by atoms with Crippen molar-refractivity contribution in [1.82, 2.24) is 0 Å². The first-order chi connectivity index (χ1) is 7.98. The highest BCUT2D eigenvalue weighted by atomic mass is 35.5. The van der Waals surface area contributed by atoms with E-state index in [9.17, 15) is 5.11 Å². The fourth-order valence-electron chi connectivity index (χ4n) is 2.79. The third-order valence-electron chi connectivity index (χ3n) is 4.04. The standard InChI is InChI=1S/C14H21ClOS/c1-10(2)11-5-7-14(16,8-6-11)9-12-3-4-13(15)17-12/h3-4,10-11,16H,5-9H2,1-2H3. The van der Waals surface area contributed by atoms with E-state index in [1.54, 1.807) is 11.3 Å². The molecule has 0 unspecified atom stereocenters. The number of hydrogen-bond acceptors (Lipinski definition) is 2. The van der Waals surface area contributed by atoms with Crippen molar-refractivity contribution in [3.63, 3.8) is 0 Å². The van der Waals surface area contributed by atoms with Crippen molar-refractivity contribution in [2.24, 2.45) is 11.8 Å². The summed E-state index contributed by atoms with van der Waals surface area (Å²) in [5.41, 5.74) is -0.487. The van der Waals surface area contributed by atoms with Gasteiger partial charge in [0.15, 0.2) is 0 Å². The molecule has 2 rings (SSSR count). The fraction of sp³-hybridized carbons (Fsp3) is 0.714. The minimum Gasteiger partial charge on any atom is -0.390 e. The summed E-state index contributed by atoms with van der Waals surface area (Å²) < 4.78 is 0.819. The van der Waals surface area contributed by atoms with Crippen LogP contribution in [0.3, 0.4) is 0 Å². The Morgan fingerprint density at radius 1 is 1.41 bits per heavy atom. The van der Waals surface area contributed by atoms with Gasteiger partial charge in [-0.1, -0.05) is 25.4 Å². The van der Waals surface area contributed by atoms with Crippen LogP contribution in [0.5, 0.6) is 0 Å². The van der Waals surface area contributed by atoms with Crippen LogP contribution in [0.2, 0.25) is 4.34 Å². The van der Waals surface area contributed by atoms with Gasteiger partial charge in [-0.25, -0.2) is 0 Å². The summed E-state index contributed by atoms with van der Waals surface area (Å²) in [4.78, 5) is 1.21. The highest BCUT2D eigenvalue weighted by molar-refractivity contribution is 7.16. The summed E-state index contributed by atoms with van der Waals surface area (Å²) in [6.45, 7) is 4.57. The summed E-state index contributed by atoms with van der Waals surface area (Å²) in [5.74, 6) is 1.54. The zero-order chi connectivity index (χ0) is 12.5. The van der Waals surface area contributed by atoms with E-state index in [0.717, 1.165) is 48.3 Å². The minimum absolute atomic E-state index is 0.487. The van der Waals surface area contributed by atoms with Crippen molar-refractivity contribution in [1.29, 1.82) is 0 Å². The molecule has 0 aliphatic heterocycles. The van der Waals surface area contributed by atoms with Crippen LogP contribution in [0.1, 0.15) is 44.4 Å². The van der Waals surface area contributed by atoms with E-state index < -0.39 is 5.60 Å². The van der Waals surface area contributed by atoms with Crippen LogP contribution < -0.4 is 0 Å². The van der Waals surface area contributed by atoms with Crippen LogP contribution in [-0.2, 0) is 6.42 Å². The zero-order valence-electron chi connectivity index (χ0n) is 10.6. The van der Waals surface area contributed by atoms with Crippen molar-refractivity contribution in [2.45, 2.75) is 51.6 Å². The number of thiophene rings is 1. The third-order valence-corrected chi connectivity index (χ3v) is 5.27. The van der Waals surface area contributed by atoms with E-state index >= 15 is 0 Å². The Balaban J connectivity index is 1.93. The summed E-state index contributed by atoms with van der Waals surface area (Å²) in [6.07, 6.45) is 4.96. The summed E-state index contributed by atoms with van der Waals surface area (Å²) in [6, 6.07) is 3.96. The predicted molar refractivity (Wildman–Crippen MR) is 74.8 cm³/mol. The molecule has 0 bridgehead atoms. The van der Waals surface area contributed by atoms with Crippen LogP contribution in [0, 0.1) is 11.8 Å². The largest absolute Gasteiger partial charge is 0.390 e. The van der Waals surface area contributed by atoms with E-state index in [2.05, 4.69) is 13.8 Å². The molecule has 1 aromatic heterocycles. The van der Waals surface area contributed by atoms with Gasteiger partial charge in [0.1, 0.15) is 0 Å². The highest BCUT2D eigenvalue weighted by Gasteiger charge is 2.34. The second-order valence-electron chi connectivity index (χ2n) is 5.69. The lowest BCUT2D eigenvalue weighted by Crippen LogP contribution is -2.37. The molecule has 0 spiro atoms. The number of aliphatic hydroxyl groups is 1. The molecule has 1 nitrogen and oxygen atoms in total. The molecular weight excluding hydrogens is 252 g/mol. The van der Waals surface area contributed by atoms with E-state index in [4.69, 9.17) is 11.6 Å². The molecule has 0 atom stereocenters. The van der Waals surface area contributed by atoms with Crippen molar-refractivity contribution in [3.8, 4) is 0 Å². The van der Waals surface area contributed by atoms with Gasteiger partial charge in [0.05, 0.1) is 9.94 Å². The molecular formula is C14H21ClOS. The average Bonchev–Trinajstić information content (AvgIpc) is 2.63. The topological polar surface area (TPSA) is 20.2 Å². The van der Waals surface area contributed by atoms with E-state index in [-0.39, 0.29) is 0 Å². The molecule has 1 aliphatic rings. The molecule has 1 aromatic rings. The molecule has 17 heavy (non-hydrogen) atoms. The van der Waals surface area contributed by atoms with Crippen molar-refractivity contribution in [3.05, 3.63) is 21.3 Å². The molecule has 96 valence electrons. The molecule has 1 saturated carbocycles. The van der Waals surface area contributed by atoms with Gasteiger partial charge in [-0.05, 0) is 49.7 Å². The van der Waals surface area contributed by atoms with Crippen molar-refractivity contribution >= 4 is 22.9 Å². The lowest BCUT2D eigenvalue weighted by Gasteiger charge is -2.37. The number of rotatable bonds is 3. The molecule has 0 saturated heterocycles. The zero-order valence-corrected chi connectivity index (χ0v) is 12.2. The van der Waals surface area contributed by atoms with Crippen LogP contribution in [-0.4, -0.2) is 10.7 Å². The van der Waals surface area contributed by atoms with E-state index in [1.807, 2.05) is 12.1 Å². The van der Waals surface area contributed by atoms with Gasteiger partial charge in [-0.15, -0.1) is 11.3 Å². The smallest absolute Gasteiger partial charge is 0.0931 e. The normalized spacial score (nSPS) is 29.8. The van der Waals surface area contributed by atoms with Crippen LogP contribution in [0.15, 0.2) is 12.1 Å². The Kier molecular flexibility index (Phi) is 4.17. The average molecular weight is 273 g/mol. The monoisotopic (exact) mass is 272 g/mol. The quantitative estimate of drug-likeness (QED) is 0.858. The second kappa shape index (κ2) is 5.29. The summed E-state index contributed by atoms with van der Waals surface area (Å²) in [7, 11) is 0. The first kappa shape index (κ1) is 13.4. The Bertz CT molecular complexity index is 364. The molecule has 0 aromatic carbocycles. The lowest BCUT2D eigenvalue weighted by molar-refractivity contribution is -0.0140. The van der Waals surface area contributed by atoms with Crippen molar-refractivity contribution < 1.29 is 5.11 Å². The molecule has 3 heteroatoms. The van der Waals surface area contributed by atoms with Gasteiger partial charge in [0, 0.05) is 11.3 Å². The first-order valence-corrected chi connectivity index (χ1v) is 7.64. The predicted octanol–water partition coefficient (Wildman–Crippen LogP) is 4.52. The summed E-state index contributed by atoms with van der Waals surface area (Å²) >= 11 is 7.52. The molecule has 1 N–H and O–H groups in total. The molecule has 0 radical (unpaired) electrons. The van der Waals surface area contributed by atoms with Crippen LogP contribution >= 0.6 is 22.9 Å². The van der Waals surface area contributed by atoms with E-state index in [1.165, 1.54) is 4.88 Å². The second-order valence-corrected chi connectivity index (χ2v) is 7.49. The Hall–Kier alpha value is -0.0500. The van der Waals surface area contributed by atoms with Gasteiger partial charge < -0.3 is 5.11 Å². The molecule has 1 heterocycles. The Labute approximate surface area is 113 Å². The van der Waals surface area contributed by atoms with Crippen LogP contribution in [0.25, 0.3) is 0 Å². The van der Waals surface area contributed by atoms with Gasteiger partial charge >= 0.3 is 0 Å². The van der Waals surface area contributed by atoms with Gasteiger partial charge in [-0.2, -0.15) is 0 Å². The number of halogens is 1. The maximum Gasteiger partial charge on any atom is 0.0931 e. The SMILES string of the molecule is CC(C)C1CCC(O)(Cc2ccc(Cl)s2)CC1. The van der Waals surface area contributed by atoms with Gasteiger partial charge in [0.2, 0.25) is 0 Å². The van der Waals surface area contributed by atoms with Crippen LogP contribution in [0.4, 0.5) is 0 Å². The fourth-order valence-corrected chi connectivity index (χ4v) is 4.02.